The number of carbonyl (C=O) groups excluding carboxylic acids is 1. The molecule has 0 radical (unpaired) electrons. The molecular formula is C14H19IN2O2. The lowest BCUT2D eigenvalue weighted by molar-refractivity contribution is 0.0343. The third-order valence-electron chi connectivity index (χ3n) is 3.11. The van der Waals surface area contributed by atoms with Crippen molar-refractivity contribution in [3.8, 4) is 0 Å². The topological polar surface area (TPSA) is 50.4 Å². The van der Waals surface area contributed by atoms with E-state index in [2.05, 4.69) is 33.2 Å². The molecule has 1 aromatic rings. The Morgan fingerprint density at radius 2 is 2.21 bits per heavy atom. The van der Waals surface area contributed by atoms with Gasteiger partial charge in [-0.25, -0.2) is 0 Å². The fourth-order valence-electron chi connectivity index (χ4n) is 2.08. The van der Waals surface area contributed by atoms with Crippen molar-refractivity contribution >= 4 is 28.5 Å². The van der Waals surface area contributed by atoms with Crippen LogP contribution < -0.4 is 10.6 Å². The van der Waals surface area contributed by atoms with Crippen molar-refractivity contribution in [3.05, 3.63) is 33.4 Å². The summed E-state index contributed by atoms with van der Waals surface area (Å²) in [6.45, 7) is 3.20. The highest BCUT2D eigenvalue weighted by Crippen LogP contribution is 2.08. The molecule has 19 heavy (non-hydrogen) atoms. The average molecular weight is 374 g/mol. The van der Waals surface area contributed by atoms with E-state index < -0.39 is 0 Å². The normalized spacial score (nSPS) is 16.3. The highest BCUT2D eigenvalue weighted by molar-refractivity contribution is 14.1. The van der Waals surface area contributed by atoms with Gasteiger partial charge in [0.2, 0.25) is 0 Å². The summed E-state index contributed by atoms with van der Waals surface area (Å²) in [6, 6.07) is 7.56. The van der Waals surface area contributed by atoms with Crippen LogP contribution in [0.15, 0.2) is 24.3 Å². The second kappa shape index (κ2) is 7.81. The van der Waals surface area contributed by atoms with E-state index >= 15 is 0 Å². The first-order valence-electron chi connectivity index (χ1n) is 6.62. The molecule has 0 saturated carbocycles. The Hall–Kier alpha value is -0.660. The number of carbonyl (C=O) groups is 1. The van der Waals surface area contributed by atoms with Crippen molar-refractivity contribution in [2.45, 2.75) is 18.9 Å². The fraction of sp³-hybridized carbons (Fsp3) is 0.500. The molecule has 1 aliphatic rings. The predicted molar refractivity (Wildman–Crippen MR) is 83.3 cm³/mol. The molecule has 0 aliphatic carbocycles. The number of nitrogens with one attached hydrogen (secondary N) is 2. The number of hydrogen-bond acceptors (Lipinski definition) is 3. The Bertz CT molecular complexity index is 420. The Labute approximate surface area is 127 Å². The van der Waals surface area contributed by atoms with E-state index in [1.54, 1.807) is 0 Å². The van der Waals surface area contributed by atoms with Gasteiger partial charge in [-0.3, -0.25) is 4.79 Å². The molecule has 0 atom stereocenters. The van der Waals surface area contributed by atoms with Crippen LogP contribution in [0, 0.1) is 3.57 Å². The molecule has 1 saturated heterocycles. The summed E-state index contributed by atoms with van der Waals surface area (Å²) in [6.07, 6.45) is 2.46. The van der Waals surface area contributed by atoms with Crippen molar-refractivity contribution in [3.63, 3.8) is 0 Å². The summed E-state index contributed by atoms with van der Waals surface area (Å²) in [7, 11) is 0. The zero-order valence-electron chi connectivity index (χ0n) is 10.8. The second-order valence-corrected chi connectivity index (χ2v) is 5.83. The molecule has 4 nitrogen and oxygen atoms in total. The highest BCUT2D eigenvalue weighted by Gasteiger charge is 2.13. The van der Waals surface area contributed by atoms with Crippen LogP contribution in [0.5, 0.6) is 0 Å². The fourth-order valence-corrected chi connectivity index (χ4v) is 2.63. The average Bonchev–Trinajstić information content (AvgIpc) is 2.44. The van der Waals surface area contributed by atoms with Crippen LogP contribution in [0.2, 0.25) is 0 Å². The van der Waals surface area contributed by atoms with Gasteiger partial charge in [0.25, 0.3) is 5.91 Å². The lowest BCUT2D eigenvalue weighted by Crippen LogP contribution is -2.34. The second-order valence-electron chi connectivity index (χ2n) is 4.59. The van der Waals surface area contributed by atoms with Crippen LogP contribution in [-0.2, 0) is 4.74 Å². The first-order valence-corrected chi connectivity index (χ1v) is 7.69. The van der Waals surface area contributed by atoms with Gasteiger partial charge in [0.05, 0.1) is 12.7 Å². The van der Waals surface area contributed by atoms with Crippen molar-refractivity contribution in [2.24, 2.45) is 0 Å². The molecule has 1 aromatic carbocycles. The molecule has 1 fully saturated rings. The number of hydrogen-bond donors (Lipinski definition) is 2. The van der Waals surface area contributed by atoms with Crippen LogP contribution >= 0.6 is 22.6 Å². The van der Waals surface area contributed by atoms with E-state index in [0.717, 1.165) is 29.5 Å². The number of piperidine rings is 1. The van der Waals surface area contributed by atoms with Crippen LogP contribution in [0.4, 0.5) is 0 Å². The highest BCUT2D eigenvalue weighted by atomic mass is 127. The molecular weight excluding hydrogens is 355 g/mol. The maximum Gasteiger partial charge on any atom is 0.251 e. The summed E-state index contributed by atoms with van der Waals surface area (Å²) in [5.41, 5.74) is 0.703. The molecule has 0 bridgehead atoms. The molecule has 1 heterocycles. The van der Waals surface area contributed by atoms with E-state index in [0.29, 0.717) is 24.8 Å². The van der Waals surface area contributed by atoms with Crippen molar-refractivity contribution in [1.82, 2.24) is 10.6 Å². The summed E-state index contributed by atoms with van der Waals surface area (Å²) >= 11 is 2.20. The van der Waals surface area contributed by atoms with Crippen molar-refractivity contribution in [1.29, 1.82) is 0 Å². The van der Waals surface area contributed by atoms with Gasteiger partial charge >= 0.3 is 0 Å². The monoisotopic (exact) mass is 374 g/mol. The predicted octanol–water partition coefficient (Wildman–Crippen LogP) is 1.79. The van der Waals surface area contributed by atoms with E-state index in [1.807, 2.05) is 24.3 Å². The van der Waals surface area contributed by atoms with Gasteiger partial charge in [-0.05, 0) is 66.7 Å². The third kappa shape index (κ3) is 5.08. The van der Waals surface area contributed by atoms with Gasteiger partial charge in [0, 0.05) is 15.7 Å². The molecule has 104 valence electrons. The van der Waals surface area contributed by atoms with E-state index in [4.69, 9.17) is 4.74 Å². The van der Waals surface area contributed by atoms with Gasteiger partial charge in [-0.1, -0.05) is 6.07 Å². The van der Waals surface area contributed by atoms with Gasteiger partial charge in [0.1, 0.15) is 0 Å². The Balaban J connectivity index is 1.66. The van der Waals surface area contributed by atoms with Crippen LogP contribution in [0.1, 0.15) is 23.2 Å². The number of ether oxygens (including phenoxy) is 1. The summed E-state index contributed by atoms with van der Waals surface area (Å²) in [4.78, 5) is 11.9. The maximum atomic E-state index is 11.9. The molecule has 5 heteroatoms. The molecule has 1 aliphatic heterocycles. The first kappa shape index (κ1) is 14.7. The van der Waals surface area contributed by atoms with E-state index in [9.17, 15) is 4.79 Å². The lowest BCUT2D eigenvalue weighted by Gasteiger charge is -2.22. The molecule has 0 spiro atoms. The minimum Gasteiger partial charge on any atom is -0.376 e. The molecule has 0 aromatic heterocycles. The number of rotatable bonds is 5. The molecule has 0 unspecified atom stereocenters. The quantitative estimate of drug-likeness (QED) is 0.611. The largest absolute Gasteiger partial charge is 0.376 e. The van der Waals surface area contributed by atoms with Crippen molar-refractivity contribution < 1.29 is 9.53 Å². The summed E-state index contributed by atoms with van der Waals surface area (Å²) in [5, 5.41) is 6.18. The summed E-state index contributed by atoms with van der Waals surface area (Å²) in [5.74, 6) is -0.0348. The zero-order valence-corrected chi connectivity index (χ0v) is 13.0. The smallest absolute Gasteiger partial charge is 0.251 e. The molecule has 2 rings (SSSR count). The Kier molecular flexibility index (Phi) is 6.06. The number of amides is 1. The number of benzene rings is 1. The number of halogens is 1. The van der Waals surface area contributed by atoms with E-state index in [-0.39, 0.29) is 5.91 Å². The minimum absolute atomic E-state index is 0.0348. The minimum atomic E-state index is -0.0348. The van der Waals surface area contributed by atoms with Crippen LogP contribution in [-0.4, -0.2) is 38.3 Å². The first-order chi connectivity index (χ1) is 9.25. The van der Waals surface area contributed by atoms with Gasteiger partial charge in [0.15, 0.2) is 0 Å². The van der Waals surface area contributed by atoms with Gasteiger partial charge < -0.3 is 15.4 Å². The maximum absolute atomic E-state index is 11.9. The third-order valence-corrected chi connectivity index (χ3v) is 3.79. The standard InChI is InChI=1S/C14H19IN2O2/c15-12-3-1-2-11(10-12)14(18)17-8-9-19-13-4-6-16-7-5-13/h1-3,10,13,16H,4-9H2,(H,17,18). The summed E-state index contributed by atoms with van der Waals surface area (Å²) < 4.78 is 6.80. The van der Waals surface area contributed by atoms with Crippen molar-refractivity contribution in [2.75, 3.05) is 26.2 Å². The zero-order chi connectivity index (χ0) is 13.5. The molecule has 2 N–H and O–H groups in total. The Morgan fingerprint density at radius 3 is 2.95 bits per heavy atom. The SMILES string of the molecule is O=C(NCCOC1CCNCC1)c1cccc(I)c1. The van der Waals surface area contributed by atoms with E-state index in [1.165, 1.54) is 0 Å². The van der Waals surface area contributed by atoms with Crippen LogP contribution in [0.3, 0.4) is 0 Å². The van der Waals surface area contributed by atoms with Gasteiger partial charge in [-0.15, -0.1) is 0 Å². The van der Waals surface area contributed by atoms with Gasteiger partial charge in [-0.2, -0.15) is 0 Å². The van der Waals surface area contributed by atoms with Crippen LogP contribution in [0.25, 0.3) is 0 Å². The lowest BCUT2D eigenvalue weighted by atomic mass is 10.1. The molecule has 1 amide bonds. The Morgan fingerprint density at radius 1 is 1.42 bits per heavy atom.